The minimum absolute atomic E-state index is 0.818. The Morgan fingerprint density at radius 3 is 2.89 bits per heavy atom. The van der Waals surface area contributed by atoms with E-state index in [9.17, 15) is 0 Å². The Kier molecular flexibility index (Phi) is 1.90. The molecule has 0 radical (unpaired) electrons. The van der Waals surface area contributed by atoms with E-state index in [0.29, 0.717) is 0 Å². The molecular weight excluding hydrogens is 114 g/mol. The number of rotatable bonds is 2. The normalized spacial score (nSPS) is 10.0. The van der Waals surface area contributed by atoms with E-state index < -0.39 is 0 Å². The van der Waals surface area contributed by atoms with Crippen molar-refractivity contribution in [2.45, 2.75) is 13.5 Å². The first kappa shape index (κ1) is 6.36. The molecule has 0 amide bonds. The maximum atomic E-state index is 5.14. The quantitative estimate of drug-likeness (QED) is 0.644. The lowest BCUT2D eigenvalue weighted by molar-refractivity contribution is 0.492. The third-order valence-corrected chi connectivity index (χ3v) is 1.31. The maximum absolute atomic E-state index is 5.14. The van der Waals surface area contributed by atoms with E-state index in [2.05, 4.69) is 5.32 Å². The number of hydrogen-bond acceptors (Lipinski definition) is 2. The van der Waals surface area contributed by atoms with Crippen LogP contribution in [-0.4, -0.2) is 7.05 Å². The average molecular weight is 125 g/mol. The van der Waals surface area contributed by atoms with Crippen LogP contribution < -0.4 is 5.32 Å². The van der Waals surface area contributed by atoms with Crippen LogP contribution in [0.3, 0.4) is 0 Å². The zero-order valence-corrected chi connectivity index (χ0v) is 5.77. The van der Waals surface area contributed by atoms with Crippen LogP contribution in [0.4, 0.5) is 0 Å². The lowest BCUT2D eigenvalue weighted by Gasteiger charge is -1.93. The van der Waals surface area contributed by atoms with Crippen molar-refractivity contribution in [1.29, 1.82) is 0 Å². The van der Waals surface area contributed by atoms with Crippen molar-refractivity contribution in [3.05, 3.63) is 23.7 Å². The van der Waals surface area contributed by atoms with Crippen LogP contribution in [0.15, 0.2) is 16.7 Å². The standard InChI is InChI=1S/C7H11NO/c1-6-3-4-9-7(6)5-8-2/h3-4,8H,5H2,1-2H3. The molecule has 0 bridgehead atoms. The SMILES string of the molecule is CNCc1occc1C. The second-order valence-corrected chi connectivity index (χ2v) is 2.06. The Balaban J connectivity index is 2.69. The van der Waals surface area contributed by atoms with Gasteiger partial charge in [0.25, 0.3) is 0 Å². The van der Waals surface area contributed by atoms with Gasteiger partial charge in [-0.2, -0.15) is 0 Å². The van der Waals surface area contributed by atoms with Crippen LogP contribution >= 0.6 is 0 Å². The van der Waals surface area contributed by atoms with Crippen LogP contribution in [0.25, 0.3) is 0 Å². The fraction of sp³-hybridized carbons (Fsp3) is 0.429. The Hall–Kier alpha value is -0.760. The summed E-state index contributed by atoms with van der Waals surface area (Å²) in [5.41, 5.74) is 1.21. The molecule has 2 heteroatoms. The summed E-state index contributed by atoms with van der Waals surface area (Å²) in [6.45, 7) is 2.86. The summed E-state index contributed by atoms with van der Waals surface area (Å²) < 4.78 is 5.14. The molecule has 0 unspecified atom stereocenters. The lowest BCUT2D eigenvalue weighted by Crippen LogP contribution is -2.04. The van der Waals surface area contributed by atoms with E-state index in [-0.39, 0.29) is 0 Å². The van der Waals surface area contributed by atoms with E-state index >= 15 is 0 Å². The van der Waals surface area contributed by atoms with Gasteiger partial charge >= 0.3 is 0 Å². The zero-order chi connectivity index (χ0) is 6.69. The second kappa shape index (κ2) is 2.69. The van der Waals surface area contributed by atoms with E-state index in [1.807, 2.05) is 20.0 Å². The summed E-state index contributed by atoms with van der Waals surface area (Å²) in [4.78, 5) is 0. The van der Waals surface area contributed by atoms with Gasteiger partial charge in [0.05, 0.1) is 12.8 Å². The predicted molar refractivity (Wildman–Crippen MR) is 36.2 cm³/mol. The highest BCUT2D eigenvalue weighted by atomic mass is 16.3. The lowest BCUT2D eigenvalue weighted by atomic mass is 10.3. The highest BCUT2D eigenvalue weighted by molar-refractivity contribution is 5.13. The second-order valence-electron chi connectivity index (χ2n) is 2.06. The van der Waals surface area contributed by atoms with Crippen molar-refractivity contribution >= 4 is 0 Å². The van der Waals surface area contributed by atoms with Gasteiger partial charge < -0.3 is 9.73 Å². The van der Waals surface area contributed by atoms with Crippen molar-refractivity contribution in [1.82, 2.24) is 5.32 Å². The molecule has 0 atom stereocenters. The molecule has 1 N–H and O–H groups in total. The maximum Gasteiger partial charge on any atom is 0.120 e. The van der Waals surface area contributed by atoms with Gasteiger partial charge in [0.15, 0.2) is 0 Å². The highest BCUT2D eigenvalue weighted by Gasteiger charge is 1.97. The molecule has 1 rings (SSSR count). The fourth-order valence-electron chi connectivity index (χ4n) is 0.746. The minimum Gasteiger partial charge on any atom is -0.468 e. The molecule has 0 saturated carbocycles. The smallest absolute Gasteiger partial charge is 0.120 e. The Bertz CT molecular complexity index is 181. The molecule has 0 aromatic carbocycles. The molecule has 50 valence electrons. The third kappa shape index (κ3) is 1.33. The van der Waals surface area contributed by atoms with Crippen LogP contribution in [0.2, 0.25) is 0 Å². The summed E-state index contributed by atoms with van der Waals surface area (Å²) in [5.74, 6) is 1.03. The van der Waals surface area contributed by atoms with Crippen molar-refractivity contribution in [3.63, 3.8) is 0 Å². The molecule has 0 aliphatic heterocycles. The fourth-order valence-corrected chi connectivity index (χ4v) is 0.746. The third-order valence-electron chi connectivity index (χ3n) is 1.31. The molecule has 0 spiro atoms. The summed E-state index contributed by atoms with van der Waals surface area (Å²) in [6.07, 6.45) is 1.71. The molecule has 1 aromatic heterocycles. The monoisotopic (exact) mass is 125 g/mol. The number of hydrogen-bond donors (Lipinski definition) is 1. The molecule has 1 aromatic rings. The average Bonchev–Trinajstić information content (AvgIpc) is 2.18. The zero-order valence-electron chi connectivity index (χ0n) is 5.77. The minimum atomic E-state index is 0.818. The van der Waals surface area contributed by atoms with Gasteiger partial charge in [0.1, 0.15) is 5.76 Å². The predicted octanol–water partition coefficient (Wildman–Crippen LogP) is 1.31. The van der Waals surface area contributed by atoms with Crippen LogP contribution in [-0.2, 0) is 6.54 Å². The van der Waals surface area contributed by atoms with E-state index in [1.54, 1.807) is 6.26 Å². The first-order valence-electron chi connectivity index (χ1n) is 3.02. The summed E-state index contributed by atoms with van der Waals surface area (Å²) in [7, 11) is 1.90. The molecule has 2 nitrogen and oxygen atoms in total. The Labute approximate surface area is 54.9 Å². The molecule has 1 heterocycles. The first-order chi connectivity index (χ1) is 4.34. The molecule has 0 fully saturated rings. The van der Waals surface area contributed by atoms with Crippen molar-refractivity contribution < 1.29 is 4.42 Å². The largest absolute Gasteiger partial charge is 0.468 e. The van der Waals surface area contributed by atoms with E-state index in [1.165, 1.54) is 5.56 Å². The van der Waals surface area contributed by atoms with Crippen molar-refractivity contribution in [2.75, 3.05) is 7.05 Å². The van der Waals surface area contributed by atoms with Crippen molar-refractivity contribution in [3.8, 4) is 0 Å². The Morgan fingerprint density at radius 2 is 2.44 bits per heavy atom. The molecule has 9 heavy (non-hydrogen) atoms. The highest BCUT2D eigenvalue weighted by Crippen LogP contribution is 2.06. The summed E-state index contributed by atoms with van der Waals surface area (Å²) in [6, 6.07) is 1.96. The van der Waals surface area contributed by atoms with Crippen molar-refractivity contribution in [2.24, 2.45) is 0 Å². The molecule has 0 saturated heterocycles. The topological polar surface area (TPSA) is 25.2 Å². The van der Waals surface area contributed by atoms with Gasteiger partial charge in [-0.15, -0.1) is 0 Å². The first-order valence-corrected chi connectivity index (χ1v) is 3.02. The van der Waals surface area contributed by atoms with Gasteiger partial charge in [0.2, 0.25) is 0 Å². The van der Waals surface area contributed by atoms with E-state index in [4.69, 9.17) is 4.42 Å². The van der Waals surface area contributed by atoms with Crippen LogP contribution in [0.5, 0.6) is 0 Å². The number of furan rings is 1. The van der Waals surface area contributed by atoms with Crippen LogP contribution in [0.1, 0.15) is 11.3 Å². The van der Waals surface area contributed by atoms with E-state index in [0.717, 1.165) is 12.3 Å². The van der Waals surface area contributed by atoms with Gasteiger partial charge in [-0.1, -0.05) is 0 Å². The van der Waals surface area contributed by atoms with Gasteiger partial charge in [-0.25, -0.2) is 0 Å². The van der Waals surface area contributed by atoms with Gasteiger partial charge in [-0.3, -0.25) is 0 Å². The van der Waals surface area contributed by atoms with Crippen LogP contribution in [0, 0.1) is 6.92 Å². The molecule has 0 aliphatic carbocycles. The Morgan fingerprint density at radius 1 is 1.67 bits per heavy atom. The molecular formula is C7H11NO. The molecule has 0 aliphatic rings. The summed E-state index contributed by atoms with van der Waals surface area (Å²) >= 11 is 0. The summed E-state index contributed by atoms with van der Waals surface area (Å²) in [5, 5.41) is 3.02. The van der Waals surface area contributed by atoms with Gasteiger partial charge in [-0.05, 0) is 25.6 Å². The van der Waals surface area contributed by atoms with Gasteiger partial charge in [0, 0.05) is 0 Å². The number of aryl methyl sites for hydroxylation is 1. The number of nitrogens with one attached hydrogen (secondary N) is 1.